The lowest BCUT2D eigenvalue weighted by atomic mass is 9.90. The molecule has 3 heterocycles. The third-order valence-electron chi connectivity index (χ3n) is 7.82. The van der Waals surface area contributed by atoms with Gasteiger partial charge in [0, 0.05) is 5.56 Å². The van der Waals surface area contributed by atoms with Gasteiger partial charge in [-0.15, -0.1) is 0 Å². The van der Waals surface area contributed by atoms with Crippen molar-refractivity contribution in [3.63, 3.8) is 0 Å². The maximum atomic E-state index is 14.4. The number of carbonyl (C=O) groups excluding carboxylic acids is 2. The Labute approximate surface area is 258 Å². The molecule has 0 unspecified atom stereocenters. The maximum absolute atomic E-state index is 14.4. The zero-order valence-corrected chi connectivity index (χ0v) is 25.8. The van der Waals surface area contributed by atoms with Crippen molar-refractivity contribution in [1.82, 2.24) is 4.57 Å². The van der Waals surface area contributed by atoms with Crippen LogP contribution in [0.15, 0.2) is 92.9 Å². The SMILES string of the molecule is CCCC1=C(C(=O)OCC)[C@@H](c2c(OC)ccc3ccccc23)n2c(s/c(=C/[C@@H]3C(=O)N(c4ccccc4)N=C3C)c2=O)=N1. The van der Waals surface area contributed by atoms with Gasteiger partial charge >= 0.3 is 5.97 Å². The molecule has 4 aromatic rings. The maximum Gasteiger partial charge on any atom is 0.338 e. The van der Waals surface area contributed by atoms with Crippen LogP contribution < -0.4 is 24.6 Å². The number of rotatable bonds is 8. The van der Waals surface area contributed by atoms with Crippen molar-refractivity contribution < 1.29 is 19.1 Å². The van der Waals surface area contributed by atoms with Gasteiger partial charge in [0.05, 0.1) is 40.9 Å². The molecule has 0 aliphatic carbocycles. The van der Waals surface area contributed by atoms with Crippen LogP contribution in [-0.4, -0.2) is 35.9 Å². The largest absolute Gasteiger partial charge is 0.496 e. The Bertz CT molecular complexity index is 2030. The molecular weight excluding hydrogens is 576 g/mol. The van der Waals surface area contributed by atoms with E-state index in [1.54, 1.807) is 31.6 Å². The summed E-state index contributed by atoms with van der Waals surface area (Å²) in [6.45, 7) is 5.72. The fourth-order valence-electron chi connectivity index (χ4n) is 5.82. The number of amides is 1. The number of nitrogens with zero attached hydrogens (tertiary/aromatic N) is 4. The van der Waals surface area contributed by atoms with Crippen molar-refractivity contribution in [1.29, 1.82) is 0 Å². The lowest BCUT2D eigenvalue weighted by molar-refractivity contribution is -0.139. The van der Waals surface area contributed by atoms with Gasteiger partial charge in [0.2, 0.25) is 0 Å². The van der Waals surface area contributed by atoms with Crippen molar-refractivity contribution in [2.45, 2.75) is 39.7 Å². The molecule has 0 saturated carbocycles. The Morgan fingerprint density at radius 1 is 1.02 bits per heavy atom. The van der Waals surface area contributed by atoms with Crippen LogP contribution in [-0.2, 0) is 14.3 Å². The first-order chi connectivity index (χ1) is 21.4. The highest BCUT2D eigenvalue weighted by Crippen LogP contribution is 2.41. The average molecular weight is 609 g/mol. The number of hydrogen-bond acceptors (Lipinski definition) is 8. The predicted molar refractivity (Wildman–Crippen MR) is 172 cm³/mol. The second-order valence-electron chi connectivity index (χ2n) is 10.5. The van der Waals surface area contributed by atoms with E-state index in [-0.39, 0.29) is 18.1 Å². The molecule has 0 bridgehead atoms. The molecule has 0 saturated heterocycles. The molecule has 3 aromatic carbocycles. The number of aromatic nitrogens is 1. The number of allylic oxidation sites excluding steroid dienone is 1. The molecule has 1 aromatic heterocycles. The third kappa shape index (κ3) is 4.94. The highest BCUT2D eigenvalue weighted by atomic mass is 32.1. The summed E-state index contributed by atoms with van der Waals surface area (Å²) < 4.78 is 13.3. The molecule has 10 heteroatoms. The van der Waals surface area contributed by atoms with Crippen molar-refractivity contribution in [2.75, 3.05) is 18.7 Å². The number of para-hydroxylation sites is 1. The molecule has 9 nitrogen and oxygen atoms in total. The number of methoxy groups -OCH3 is 1. The number of hydrogen-bond donors (Lipinski definition) is 0. The minimum absolute atomic E-state index is 0.172. The first-order valence-corrected chi connectivity index (χ1v) is 15.4. The van der Waals surface area contributed by atoms with Crippen molar-refractivity contribution in [3.8, 4) is 5.75 Å². The molecule has 224 valence electrons. The molecule has 6 rings (SSSR count). The van der Waals surface area contributed by atoms with Crippen LogP contribution in [0.3, 0.4) is 0 Å². The Kier molecular flexibility index (Phi) is 8.01. The van der Waals surface area contributed by atoms with Gasteiger partial charge in [0.1, 0.15) is 17.7 Å². The van der Waals surface area contributed by atoms with Gasteiger partial charge in [0.25, 0.3) is 11.5 Å². The van der Waals surface area contributed by atoms with Crippen molar-refractivity contribution in [2.24, 2.45) is 16.0 Å². The van der Waals surface area contributed by atoms with E-state index in [9.17, 15) is 14.4 Å². The molecule has 0 fully saturated rings. The van der Waals surface area contributed by atoms with E-state index in [1.807, 2.05) is 73.7 Å². The second-order valence-corrected chi connectivity index (χ2v) is 11.6. The lowest BCUT2D eigenvalue weighted by Gasteiger charge is -2.28. The molecule has 2 aliphatic rings. The number of benzene rings is 3. The number of hydrazone groups is 1. The van der Waals surface area contributed by atoms with Gasteiger partial charge in [-0.3, -0.25) is 14.2 Å². The number of esters is 1. The van der Waals surface area contributed by atoms with E-state index in [4.69, 9.17) is 14.5 Å². The number of fused-ring (bicyclic) bond motifs is 2. The number of anilines is 1. The van der Waals surface area contributed by atoms with Crippen LogP contribution >= 0.6 is 11.3 Å². The summed E-state index contributed by atoms with van der Waals surface area (Å²) in [6, 6.07) is 19.9. The average Bonchev–Trinajstić information content (AvgIpc) is 3.50. The molecule has 0 N–H and O–H groups in total. The molecule has 2 aliphatic heterocycles. The van der Waals surface area contributed by atoms with Crippen LogP contribution in [0.1, 0.15) is 45.2 Å². The fourth-order valence-corrected chi connectivity index (χ4v) is 6.85. The normalized spacial score (nSPS) is 18.4. The molecular formula is C34H32N4O5S. The number of thiazole rings is 1. The van der Waals surface area contributed by atoms with Gasteiger partial charge in [-0.1, -0.05) is 73.2 Å². The van der Waals surface area contributed by atoms with Crippen molar-refractivity contribution >= 4 is 51.5 Å². The molecule has 0 radical (unpaired) electrons. The van der Waals surface area contributed by atoms with Crippen LogP contribution in [0, 0.1) is 5.92 Å². The fraction of sp³-hybridized carbons (Fsp3) is 0.265. The zero-order valence-electron chi connectivity index (χ0n) is 24.9. The summed E-state index contributed by atoms with van der Waals surface area (Å²) in [4.78, 5) is 46.9. The summed E-state index contributed by atoms with van der Waals surface area (Å²) in [7, 11) is 1.57. The van der Waals surface area contributed by atoms with Gasteiger partial charge in [-0.25, -0.2) is 9.79 Å². The van der Waals surface area contributed by atoms with E-state index in [1.165, 1.54) is 16.3 Å². The highest BCUT2D eigenvalue weighted by molar-refractivity contribution is 7.07. The van der Waals surface area contributed by atoms with Gasteiger partial charge in [-0.05, 0) is 55.3 Å². The number of carbonyl (C=O) groups is 2. The third-order valence-corrected chi connectivity index (χ3v) is 8.82. The topological polar surface area (TPSA) is 103 Å². The minimum atomic E-state index is -0.857. The second kappa shape index (κ2) is 12.0. The quantitative estimate of drug-likeness (QED) is 0.269. The molecule has 0 spiro atoms. The zero-order chi connectivity index (χ0) is 31.0. The van der Waals surface area contributed by atoms with Gasteiger partial charge in [-0.2, -0.15) is 10.1 Å². The van der Waals surface area contributed by atoms with Crippen molar-refractivity contribution in [3.05, 3.63) is 103 Å². The molecule has 2 atom stereocenters. The first kappa shape index (κ1) is 29.3. The van der Waals surface area contributed by atoms with E-state index in [0.717, 1.165) is 17.2 Å². The highest BCUT2D eigenvalue weighted by Gasteiger charge is 2.38. The molecule has 44 heavy (non-hydrogen) atoms. The Balaban J connectivity index is 1.59. The smallest absolute Gasteiger partial charge is 0.338 e. The first-order valence-electron chi connectivity index (χ1n) is 14.6. The van der Waals surface area contributed by atoms with E-state index < -0.39 is 17.9 Å². The summed E-state index contributed by atoms with van der Waals surface area (Å²) in [6.07, 6.45) is 2.91. The molecule has 1 amide bonds. The standard InChI is InChI=1S/C34H32N4O5S/c1-5-12-25-29(33(41)43-6-2)30(28-23-16-11-10-13-21(23)17-18-26(28)42-4)37-32(40)27(44-34(37)35-25)19-24-20(3)36-38(31(24)39)22-14-8-7-9-15-22/h7-11,13-19,24,30H,5-6,12H2,1-4H3/b27-19+/t24-,30+/m0/s1. The van der Waals surface area contributed by atoms with E-state index in [2.05, 4.69) is 5.10 Å². The van der Waals surface area contributed by atoms with Gasteiger partial charge < -0.3 is 9.47 Å². The summed E-state index contributed by atoms with van der Waals surface area (Å²) in [5, 5.41) is 7.65. The van der Waals surface area contributed by atoms with Crippen LogP contribution in [0.2, 0.25) is 0 Å². The predicted octanol–water partition coefficient (Wildman–Crippen LogP) is 4.73. The summed E-state index contributed by atoms with van der Waals surface area (Å²) >= 11 is 1.20. The number of ether oxygens (including phenoxy) is 2. The van der Waals surface area contributed by atoms with Crippen LogP contribution in [0.25, 0.3) is 16.8 Å². The van der Waals surface area contributed by atoms with E-state index in [0.29, 0.717) is 49.7 Å². The monoisotopic (exact) mass is 608 g/mol. The van der Waals surface area contributed by atoms with Gasteiger partial charge in [0.15, 0.2) is 4.80 Å². The summed E-state index contributed by atoms with van der Waals surface area (Å²) in [5.74, 6) is -0.955. The Morgan fingerprint density at radius 2 is 1.77 bits per heavy atom. The van der Waals surface area contributed by atoms with E-state index >= 15 is 0 Å². The minimum Gasteiger partial charge on any atom is -0.496 e. The van der Waals surface area contributed by atoms with Crippen LogP contribution in [0.4, 0.5) is 5.69 Å². The lowest BCUT2D eigenvalue weighted by Crippen LogP contribution is -2.40. The summed E-state index contributed by atoms with van der Waals surface area (Å²) in [5.41, 5.74) is 2.44. The Morgan fingerprint density at radius 3 is 2.50 bits per heavy atom. The van der Waals surface area contributed by atoms with Crippen LogP contribution in [0.5, 0.6) is 5.75 Å². The Hall–Kier alpha value is -4.83.